The van der Waals surface area contributed by atoms with Crippen molar-refractivity contribution in [3.63, 3.8) is 0 Å². The summed E-state index contributed by atoms with van der Waals surface area (Å²) in [6.45, 7) is 4.34. The zero-order valence-electron chi connectivity index (χ0n) is 15.3. The van der Waals surface area contributed by atoms with Gasteiger partial charge in [-0.1, -0.05) is 5.92 Å². The maximum Gasteiger partial charge on any atom is 0.220 e. The second kappa shape index (κ2) is 18.1. The van der Waals surface area contributed by atoms with Crippen molar-refractivity contribution < 1.29 is 23.7 Å². The molecule has 0 aromatic carbocycles. The summed E-state index contributed by atoms with van der Waals surface area (Å²) in [7, 11) is 0. The van der Waals surface area contributed by atoms with Crippen LogP contribution in [-0.2, 0) is 23.7 Å². The fraction of sp³-hybridized carbons (Fsp3) is 0.765. The van der Waals surface area contributed by atoms with Crippen LogP contribution in [0.2, 0.25) is 0 Å². The van der Waals surface area contributed by atoms with E-state index >= 15 is 0 Å². The van der Waals surface area contributed by atoms with Crippen molar-refractivity contribution in [2.24, 2.45) is 11.5 Å². The van der Waals surface area contributed by atoms with Gasteiger partial charge in [0.15, 0.2) is 0 Å². The molecule has 0 rings (SSSR count). The van der Waals surface area contributed by atoms with Crippen molar-refractivity contribution in [3.8, 4) is 12.3 Å². The van der Waals surface area contributed by atoms with E-state index in [1.165, 1.54) is 0 Å². The molecular weight excluding hydrogens is 340 g/mol. The van der Waals surface area contributed by atoms with Crippen molar-refractivity contribution in [1.82, 2.24) is 5.32 Å². The highest BCUT2D eigenvalue weighted by Gasteiger charge is 2.08. The summed E-state index contributed by atoms with van der Waals surface area (Å²) < 4.78 is 21.1. The number of carbonyl (C=O) groups excluding carboxylic acids is 1. The van der Waals surface area contributed by atoms with Gasteiger partial charge in [-0.2, -0.15) is 0 Å². The summed E-state index contributed by atoms with van der Waals surface area (Å²) in [4.78, 5) is 11.5. The van der Waals surface area contributed by atoms with Crippen molar-refractivity contribution in [1.29, 1.82) is 5.41 Å². The molecule has 0 radical (unpaired) electrons. The molecule has 6 N–H and O–H groups in total. The van der Waals surface area contributed by atoms with E-state index in [-0.39, 0.29) is 18.2 Å². The highest BCUT2D eigenvalue weighted by Crippen LogP contribution is 1.94. The fourth-order valence-corrected chi connectivity index (χ4v) is 1.73. The zero-order valence-corrected chi connectivity index (χ0v) is 15.3. The molecule has 0 bridgehead atoms. The van der Waals surface area contributed by atoms with Crippen LogP contribution in [0.4, 0.5) is 0 Å². The van der Waals surface area contributed by atoms with Gasteiger partial charge in [-0.25, -0.2) is 0 Å². The maximum atomic E-state index is 11.5. The number of amidine groups is 1. The Kier molecular flexibility index (Phi) is 16.9. The maximum absolute atomic E-state index is 11.5. The Morgan fingerprint density at radius 3 is 2.23 bits per heavy atom. The van der Waals surface area contributed by atoms with Gasteiger partial charge >= 0.3 is 0 Å². The van der Waals surface area contributed by atoms with E-state index in [0.29, 0.717) is 65.8 Å². The van der Waals surface area contributed by atoms with Gasteiger partial charge in [0.2, 0.25) is 5.91 Å². The van der Waals surface area contributed by atoms with E-state index in [1.54, 1.807) is 0 Å². The molecule has 1 amide bonds. The molecule has 0 unspecified atom stereocenters. The van der Waals surface area contributed by atoms with Crippen molar-refractivity contribution >= 4 is 11.7 Å². The van der Waals surface area contributed by atoms with Crippen LogP contribution in [0.3, 0.4) is 0 Å². The normalized spacial score (nSPS) is 11.7. The average Bonchev–Trinajstić information content (AvgIpc) is 2.62. The van der Waals surface area contributed by atoms with Crippen LogP contribution in [0.1, 0.15) is 19.3 Å². The lowest BCUT2D eigenvalue weighted by Crippen LogP contribution is -2.37. The van der Waals surface area contributed by atoms with E-state index in [4.69, 9.17) is 42.2 Å². The third-order valence-corrected chi connectivity index (χ3v) is 3.16. The van der Waals surface area contributed by atoms with Crippen LogP contribution in [0.5, 0.6) is 0 Å². The summed E-state index contributed by atoms with van der Waals surface area (Å²) in [6, 6.07) is -0.566. The average molecular weight is 372 g/mol. The molecule has 0 aromatic heterocycles. The topological polar surface area (TPSA) is 142 Å². The molecule has 26 heavy (non-hydrogen) atoms. The largest absolute Gasteiger partial charge is 0.386 e. The minimum Gasteiger partial charge on any atom is -0.386 e. The molecule has 150 valence electrons. The molecule has 0 heterocycles. The number of nitrogens with two attached hydrogens (primary N) is 2. The Hall–Kier alpha value is -1.70. The molecule has 0 fully saturated rings. The number of hydrogen-bond acceptors (Lipinski definition) is 7. The van der Waals surface area contributed by atoms with Crippen LogP contribution >= 0.6 is 0 Å². The summed E-state index contributed by atoms with van der Waals surface area (Å²) in [5, 5.41) is 9.86. The quantitative estimate of drug-likeness (QED) is 0.107. The third-order valence-electron chi connectivity index (χ3n) is 3.16. The smallest absolute Gasteiger partial charge is 0.220 e. The lowest BCUT2D eigenvalue weighted by atomic mass is 10.1. The van der Waals surface area contributed by atoms with Gasteiger partial charge in [0.25, 0.3) is 0 Å². The summed E-state index contributed by atoms with van der Waals surface area (Å²) >= 11 is 0. The van der Waals surface area contributed by atoms with Crippen LogP contribution in [-0.4, -0.2) is 77.2 Å². The SMILES string of the molecule is C#CCOCCOCCOCCCOCCNC(=O)CC[C@H](N)C(=N)N. The minimum absolute atomic E-state index is 0.107. The van der Waals surface area contributed by atoms with Gasteiger partial charge in [-0.15, -0.1) is 6.42 Å². The summed E-state index contributed by atoms with van der Waals surface area (Å²) in [5.74, 6) is 2.15. The number of carbonyl (C=O) groups is 1. The lowest BCUT2D eigenvalue weighted by molar-refractivity contribution is -0.121. The Labute approximate surface area is 155 Å². The fourth-order valence-electron chi connectivity index (χ4n) is 1.73. The Balaban J connectivity index is 3.21. The van der Waals surface area contributed by atoms with Crippen LogP contribution < -0.4 is 16.8 Å². The van der Waals surface area contributed by atoms with Crippen molar-refractivity contribution in [3.05, 3.63) is 0 Å². The first-order valence-corrected chi connectivity index (χ1v) is 8.68. The first-order chi connectivity index (χ1) is 12.6. The molecule has 1 atom stereocenters. The van der Waals surface area contributed by atoms with Crippen molar-refractivity contribution in [2.45, 2.75) is 25.3 Å². The Bertz CT molecular complexity index is 414. The second-order valence-electron chi connectivity index (χ2n) is 5.40. The Morgan fingerprint density at radius 1 is 1.04 bits per heavy atom. The highest BCUT2D eigenvalue weighted by molar-refractivity contribution is 5.83. The Morgan fingerprint density at radius 2 is 1.62 bits per heavy atom. The first-order valence-electron chi connectivity index (χ1n) is 8.68. The molecule has 9 nitrogen and oxygen atoms in total. The number of nitrogens with one attached hydrogen (secondary N) is 2. The van der Waals surface area contributed by atoms with Gasteiger partial charge < -0.3 is 35.7 Å². The van der Waals surface area contributed by atoms with E-state index in [2.05, 4.69) is 11.2 Å². The van der Waals surface area contributed by atoms with Crippen molar-refractivity contribution in [2.75, 3.05) is 59.4 Å². The van der Waals surface area contributed by atoms with Crippen LogP contribution in [0, 0.1) is 17.8 Å². The van der Waals surface area contributed by atoms with Gasteiger partial charge in [0.1, 0.15) is 12.4 Å². The molecule has 0 aliphatic carbocycles. The van der Waals surface area contributed by atoms with Gasteiger partial charge in [0.05, 0.1) is 39.1 Å². The summed E-state index contributed by atoms with van der Waals surface area (Å²) in [5.41, 5.74) is 10.8. The highest BCUT2D eigenvalue weighted by atomic mass is 16.5. The second-order valence-corrected chi connectivity index (χ2v) is 5.40. The predicted molar refractivity (Wildman–Crippen MR) is 98.9 cm³/mol. The molecular formula is C17H32N4O5. The van der Waals surface area contributed by atoms with E-state index in [1.807, 2.05) is 0 Å². The van der Waals surface area contributed by atoms with Gasteiger partial charge in [-0.05, 0) is 12.8 Å². The molecule has 0 aromatic rings. The minimum atomic E-state index is -0.566. The third kappa shape index (κ3) is 17.1. The van der Waals surface area contributed by atoms with Gasteiger partial charge in [0, 0.05) is 26.2 Å². The monoisotopic (exact) mass is 372 g/mol. The van der Waals surface area contributed by atoms with Crippen LogP contribution in [0.15, 0.2) is 0 Å². The molecule has 0 saturated carbocycles. The molecule has 9 heteroatoms. The molecule has 0 aliphatic rings. The number of terminal acetylenes is 1. The predicted octanol–water partition coefficient (Wildman–Crippen LogP) is -0.764. The first kappa shape index (κ1) is 24.3. The van der Waals surface area contributed by atoms with Crippen LogP contribution in [0.25, 0.3) is 0 Å². The number of ether oxygens (including phenoxy) is 4. The lowest BCUT2D eigenvalue weighted by Gasteiger charge is -2.10. The zero-order chi connectivity index (χ0) is 19.5. The van der Waals surface area contributed by atoms with E-state index in [9.17, 15) is 4.79 Å². The molecule has 0 spiro atoms. The number of rotatable bonds is 18. The van der Waals surface area contributed by atoms with E-state index in [0.717, 1.165) is 6.42 Å². The number of amides is 1. The van der Waals surface area contributed by atoms with E-state index < -0.39 is 6.04 Å². The standard InChI is InChI=1S/C17H32N4O5/c1-2-7-23-11-13-26-14-12-25-9-3-8-24-10-6-21-16(22)5-4-15(18)17(19)20/h1,15H,3-14,18H2,(H3,19,20)(H,21,22)/t15-/m0/s1. The van der Waals surface area contributed by atoms with Gasteiger partial charge in [-0.3, -0.25) is 10.2 Å². The molecule has 0 saturated heterocycles. The summed E-state index contributed by atoms with van der Waals surface area (Å²) in [6.07, 6.45) is 6.42. The number of hydrogen-bond donors (Lipinski definition) is 4. The molecule has 0 aliphatic heterocycles.